The number of aryl methyl sites for hydroxylation is 1. The molecule has 0 saturated carbocycles. The van der Waals surface area contributed by atoms with Crippen LogP contribution in [0, 0.1) is 6.92 Å². The molecule has 1 aliphatic rings. The monoisotopic (exact) mass is 429 g/mol. The van der Waals surface area contributed by atoms with Gasteiger partial charge in [-0.3, -0.25) is 9.59 Å². The summed E-state index contributed by atoms with van der Waals surface area (Å²) < 4.78 is 22.6. The molecule has 0 aromatic carbocycles. The molecule has 1 fully saturated rings. The third kappa shape index (κ3) is 5.52. The highest BCUT2D eigenvalue weighted by atomic mass is 35.5. The third-order valence-corrected chi connectivity index (χ3v) is 7.70. The van der Waals surface area contributed by atoms with Crippen LogP contribution in [0.3, 0.4) is 0 Å². The average Bonchev–Trinajstić information content (AvgIpc) is 2.84. The van der Waals surface area contributed by atoms with E-state index in [4.69, 9.17) is 16.3 Å². The maximum Gasteiger partial charge on any atom is 0.258 e. The molecule has 28 heavy (non-hydrogen) atoms. The van der Waals surface area contributed by atoms with Gasteiger partial charge in [-0.05, 0) is 38.3 Å². The molecule has 1 aliphatic heterocycles. The standard InChI is InChI=1S/C19H28ClN3O4S/c1-5-19(3,27-4)18(25)23-9-6-11-28(26,12-10-23)22-17(24)13-15-7-8-16(20)21-14(15)2/h7-8H,5-6,9-13H2,1-4H3. The first-order valence-corrected chi connectivity index (χ1v) is 11.6. The zero-order valence-corrected chi connectivity index (χ0v) is 18.4. The Bertz CT molecular complexity index is 861. The molecule has 9 heteroatoms. The first kappa shape index (κ1) is 22.8. The normalized spacial score (nSPS) is 22.2. The Kier molecular flexibility index (Phi) is 7.59. The van der Waals surface area contributed by atoms with Crippen molar-refractivity contribution in [3.8, 4) is 0 Å². The molecular weight excluding hydrogens is 402 g/mol. The van der Waals surface area contributed by atoms with Gasteiger partial charge >= 0.3 is 0 Å². The van der Waals surface area contributed by atoms with Crippen molar-refractivity contribution in [2.45, 2.75) is 45.6 Å². The molecule has 1 aromatic rings. The van der Waals surface area contributed by atoms with Crippen LogP contribution in [0.4, 0.5) is 0 Å². The van der Waals surface area contributed by atoms with E-state index in [1.165, 1.54) is 7.11 Å². The molecule has 2 heterocycles. The fourth-order valence-corrected chi connectivity index (χ4v) is 5.18. The van der Waals surface area contributed by atoms with E-state index < -0.39 is 21.2 Å². The Morgan fingerprint density at radius 1 is 1.36 bits per heavy atom. The third-order valence-electron chi connectivity index (χ3n) is 5.21. The number of carbonyl (C=O) groups excluding carboxylic acids is 2. The van der Waals surface area contributed by atoms with E-state index in [2.05, 4.69) is 9.35 Å². The fourth-order valence-electron chi connectivity index (χ4n) is 3.09. The SMILES string of the molecule is CCC(C)(OC)C(=O)N1CCCS(=O)(=NC(=O)Cc2ccc(Cl)nc2C)CC1. The number of aromatic nitrogens is 1. The fraction of sp³-hybridized carbons (Fsp3) is 0.632. The highest BCUT2D eigenvalue weighted by Gasteiger charge is 2.36. The Balaban J connectivity index is 2.11. The van der Waals surface area contributed by atoms with Crippen molar-refractivity contribution in [1.82, 2.24) is 9.88 Å². The molecule has 2 rings (SSSR count). The topological polar surface area (TPSA) is 88.9 Å². The first-order chi connectivity index (χ1) is 13.1. The van der Waals surface area contributed by atoms with Crippen LogP contribution >= 0.6 is 11.6 Å². The Hall–Kier alpha value is -1.51. The van der Waals surface area contributed by atoms with Crippen molar-refractivity contribution < 1.29 is 18.5 Å². The lowest BCUT2D eigenvalue weighted by atomic mass is 10.0. The molecule has 2 atom stereocenters. The number of hydrogen-bond donors (Lipinski definition) is 0. The molecule has 2 amide bonds. The van der Waals surface area contributed by atoms with E-state index in [1.807, 2.05) is 6.92 Å². The molecule has 0 radical (unpaired) electrons. The van der Waals surface area contributed by atoms with Gasteiger partial charge in [0.1, 0.15) is 10.8 Å². The second-order valence-electron chi connectivity index (χ2n) is 7.16. The number of amides is 2. The van der Waals surface area contributed by atoms with Crippen molar-refractivity contribution in [3.05, 3.63) is 28.5 Å². The predicted molar refractivity (Wildman–Crippen MR) is 110 cm³/mol. The highest BCUT2D eigenvalue weighted by Crippen LogP contribution is 2.20. The Morgan fingerprint density at radius 3 is 2.68 bits per heavy atom. The van der Waals surface area contributed by atoms with E-state index in [0.717, 1.165) is 0 Å². The summed E-state index contributed by atoms with van der Waals surface area (Å²) in [6, 6.07) is 3.35. The van der Waals surface area contributed by atoms with Crippen molar-refractivity contribution in [2.75, 3.05) is 31.7 Å². The predicted octanol–water partition coefficient (Wildman–Crippen LogP) is 2.63. The average molecular weight is 430 g/mol. The lowest BCUT2D eigenvalue weighted by Gasteiger charge is -2.32. The summed E-state index contributed by atoms with van der Waals surface area (Å²) >= 11 is 5.84. The summed E-state index contributed by atoms with van der Waals surface area (Å²) in [5.74, 6) is -0.0650. The summed E-state index contributed by atoms with van der Waals surface area (Å²) in [5, 5.41) is 0.361. The van der Waals surface area contributed by atoms with Gasteiger partial charge in [0.15, 0.2) is 0 Å². The van der Waals surface area contributed by atoms with Gasteiger partial charge in [-0.2, -0.15) is 4.36 Å². The van der Waals surface area contributed by atoms with E-state index >= 15 is 0 Å². The van der Waals surface area contributed by atoms with Gasteiger partial charge in [-0.25, -0.2) is 9.19 Å². The smallest absolute Gasteiger partial charge is 0.258 e. The summed E-state index contributed by atoms with van der Waals surface area (Å²) in [6.07, 6.45) is 1.12. The van der Waals surface area contributed by atoms with Crippen LogP contribution in [0.25, 0.3) is 0 Å². The number of methoxy groups -OCH3 is 1. The van der Waals surface area contributed by atoms with E-state index in [0.29, 0.717) is 48.1 Å². The van der Waals surface area contributed by atoms with Gasteiger partial charge in [0.05, 0.1) is 16.1 Å². The molecule has 1 saturated heterocycles. The molecule has 0 bridgehead atoms. The van der Waals surface area contributed by atoms with E-state index in [-0.39, 0.29) is 18.1 Å². The second-order valence-corrected chi connectivity index (χ2v) is 10.1. The maximum atomic E-state index is 13.1. The number of pyridine rings is 1. The van der Waals surface area contributed by atoms with Crippen LogP contribution in [0.2, 0.25) is 5.15 Å². The van der Waals surface area contributed by atoms with E-state index in [9.17, 15) is 13.8 Å². The molecule has 0 aliphatic carbocycles. The molecule has 2 unspecified atom stereocenters. The van der Waals surface area contributed by atoms with Crippen LogP contribution in [0.15, 0.2) is 16.5 Å². The van der Waals surface area contributed by atoms with Crippen molar-refractivity contribution in [1.29, 1.82) is 0 Å². The summed E-state index contributed by atoms with van der Waals surface area (Å²) in [5.41, 5.74) is 0.476. The van der Waals surface area contributed by atoms with Crippen LogP contribution in [-0.4, -0.2) is 63.2 Å². The summed E-state index contributed by atoms with van der Waals surface area (Å²) in [4.78, 5) is 31.0. The maximum absolute atomic E-state index is 13.1. The van der Waals surface area contributed by atoms with Crippen molar-refractivity contribution in [3.63, 3.8) is 0 Å². The quantitative estimate of drug-likeness (QED) is 0.671. The lowest BCUT2D eigenvalue weighted by molar-refractivity contribution is -0.153. The van der Waals surface area contributed by atoms with Crippen molar-refractivity contribution >= 4 is 33.1 Å². The molecule has 7 nitrogen and oxygen atoms in total. The minimum Gasteiger partial charge on any atom is -0.369 e. The number of ether oxygens (including phenoxy) is 1. The molecule has 1 aromatic heterocycles. The first-order valence-electron chi connectivity index (χ1n) is 9.34. The minimum absolute atomic E-state index is 0.0349. The Labute approximate surface area is 172 Å². The summed E-state index contributed by atoms with van der Waals surface area (Å²) in [7, 11) is -1.18. The van der Waals surface area contributed by atoms with Gasteiger partial charge in [0.25, 0.3) is 11.8 Å². The van der Waals surface area contributed by atoms with Crippen LogP contribution in [0.1, 0.15) is 37.9 Å². The van der Waals surface area contributed by atoms with Gasteiger partial charge in [0.2, 0.25) is 0 Å². The van der Waals surface area contributed by atoms with E-state index in [1.54, 1.807) is 30.9 Å². The molecular formula is C19H28ClN3O4S. The summed E-state index contributed by atoms with van der Waals surface area (Å²) in [6.45, 7) is 6.20. The van der Waals surface area contributed by atoms with Crippen LogP contribution in [-0.2, 0) is 30.5 Å². The highest BCUT2D eigenvalue weighted by molar-refractivity contribution is 7.93. The lowest BCUT2D eigenvalue weighted by Crippen LogP contribution is -2.49. The zero-order valence-electron chi connectivity index (χ0n) is 16.9. The van der Waals surface area contributed by atoms with Gasteiger partial charge in [-0.15, -0.1) is 0 Å². The van der Waals surface area contributed by atoms with Gasteiger partial charge < -0.3 is 9.64 Å². The second kappa shape index (κ2) is 9.33. The number of rotatable bonds is 5. The molecule has 0 spiro atoms. The zero-order chi connectivity index (χ0) is 20.9. The number of nitrogens with zero attached hydrogens (tertiary/aromatic N) is 3. The van der Waals surface area contributed by atoms with Crippen LogP contribution in [0.5, 0.6) is 0 Å². The Morgan fingerprint density at radius 2 is 2.07 bits per heavy atom. The molecule has 156 valence electrons. The van der Waals surface area contributed by atoms with Crippen molar-refractivity contribution in [2.24, 2.45) is 4.36 Å². The number of hydrogen-bond acceptors (Lipinski definition) is 5. The number of carbonyl (C=O) groups is 2. The molecule has 0 N–H and O–H groups in total. The number of halogens is 1. The largest absolute Gasteiger partial charge is 0.369 e. The van der Waals surface area contributed by atoms with Gasteiger partial charge in [-0.1, -0.05) is 24.6 Å². The van der Waals surface area contributed by atoms with Crippen LogP contribution < -0.4 is 0 Å². The minimum atomic E-state index is -2.70. The van der Waals surface area contributed by atoms with Gasteiger partial charge in [0, 0.05) is 37.4 Å².